The van der Waals surface area contributed by atoms with E-state index in [1.807, 2.05) is 0 Å². The van der Waals surface area contributed by atoms with Crippen molar-refractivity contribution in [2.75, 3.05) is 0 Å². The summed E-state index contributed by atoms with van der Waals surface area (Å²) in [7, 11) is 0. The Labute approximate surface area is 98.1 Å². The van der Waals surface area contributed by atoms with E-state index in [-0.39, 0.29) is 0 Å². The highest BCUT2D eigenvalue weighted by molar-refractivity contribution is 5.62. The highest BCUT2D eigenvalue weighted by Gasteiger charge is 1.94. The van der Waals surface area contributed by atoms with Gasteiger partial charge in [-0.15, -0.1) is 0 Å². The van der Waals surface area contributed by atoms with Crippen LogP contribution in [0.25, 0.3) is 0 Å². The Hall–Kier alpha value is -1.25. The number of rotatable bonds is 5. The molecule has 3 heteroatoms. The summed E-state index contributed by atoms with van der Waals surface area (Å²) < 4.78 is 2.28. The number of aromatic nitrogens is 1. The summed E-state index contributed by atoms with van der Waals surface area (Å²) in [5.74, 6) is -0.833. The second kappa shape index (κ2) is 9.01. The molecule has 0 aliphatic carbocycles. The molecule has 0 spiro atoms. The summed E-state index contributed by atoms with van der Waals surface area (Å²) in [5.41, 5.74) is 1.49. The molecule has 0 fully saturated rings. The summed E-state index contributed by atoms with van der Waals surface area (Å²) in [6, 6.07) is 2.24. The number of aryl methyl sites for hydroxylation is 2. The van der Waals surface area contributed by atoms with Gasteiger partial charge in [-0.25, -0.2) is 0 Å². The number of carboxylic acids is 1. The van der Waals surface area contributed by atoms with Gasteiger partial charge in [0.25, 0.3) is 5.97 Å². The Kier molecular flexibility index (Phi) is 8.31. The van der Waals surface area contributed by atoms with E-state index in [1.165, 1.54) is 31.2 Å². The number of hydrogen-bond acceptors (Lipinski definition) is 1. The molecule has 1 aromatic rings. The molecule has 1 aromatic heterocycles. The summed E-state index contributed by atoms with van der Waals surface area (Å²) >= 11 is 0. The average molecular weight is 225 g/mol. The second-order valence-corrected chi connectivity index (χ2v) is 3.88. The number of unbranched alkanes of at least 4 members (excludes halogenated alkanes) is 1. The Bertz CT molecular complexity index is 288. The molecule has 0 saturated carbocycles. The number of hydrogen-bond donors (Lipinski definition) is 1. The van der Waals surface area contributed by atoms with Crippen LogP contribution in [0.1, 0.15) is 45.6 Å². The van der Waals surface area contributed by atoms with E-state index in [1.54, 1.807) is 0 Å². The lowest BCUT2D eigenvalue weighted by Crippen LogP contribution is -1.91. The van der Waals surface area contributed by atoms with Gasteiger partial charge in [0, 0.05) is 25.9 Å². The molecule has 92 valence electrons. The molecular formula is C13H23NO2. The van der Waals surface area contributed by atoms with Crippen LogP contribution in [0.4, 0.5) is 0 Å². The normalized spacial score (nSPS) is 9.44. The van der Waals surface area contributed by atoms with Crippen LogP contribution in [0.3, 0.4) is 0 Å². The molecule has 0 unspecified atom stereocenters. The van der Waals surface area contributed by atoms with Crippen molar-refractivity contribution >= 4 is 5.97 Å². The van der Waals surface area contributed by atoms with Crippen molar-refractivity contribution in [2.45, 2.75) is 53.0 Å². The minimum absolute atomic E-state index is 0.833. The zero-order valence-corrected chi connectivity index (χ0v) is 10.6. The van der Waals surface area contributed by atoms with Crippen LogP contribution in [0, 0.1) is 0 Å². The van der Waals surface area contributed by atoms with E-state index in [0.717, 1.165) is 13.5 Å². The predicted molar refractivity (Wildman–Crippen MR) is 66.6 cm³/mol. The zero-order chi connectivity index (χ0) is 12.4. The first-order chi connectivity index (χ1) is 7.60. The van der Waals surface area contributed by atoms with E-state index < -0.39 is 5.97 Å². The van der Waals surface area contributed by atoms with E-state index in [9.17, 15) is 0 Å². The lowest BCUT2D eigenvalue weighted by atomic mass is 10.2. The first kappa shape index (κ1) is 14.8. The Morgan fingerprint density at radius 2 is 2.00 bits per heavy atom. The van der Waals surface area contributed by atoms with Gasteiger partial charge in [-0.1, -0.05) is 20.3 Å². The van der Waals surface area contributed by atoms with Crippen LogP contribution in [0.15, 0.2) is 18.5 Å². The van der Waals surface area contributed by atoms with Crippen molar-refractivity contribution in [1.29, 1.82) is 0 Å². The van der Waals surface area contributed by atoms with Gasteiger partial charge in [-0.05, 0) is 30.9 Å². The second-order valence-electron chi connectivity index (χ2n) is 3.88. The van der Waals surface area contributed by atoms with Crippen molar-refractivity contribution in [3.8, 4) is 0 Å². The van der Waals surface area contributed by atoms with Crippen LogP contribution < -0.4 is 0 Å². The topological polar surface area (TPSA) is 42.2 Å². The molecule has 1 N–H and O–H groups in total. The minimum Gasteiger partial charge on any atom is -0.481 e. The van der Waals surface area contributed by atoms with Gasteiger partial charge >= 0.3 is 0 Å². The lowest BCUT2D eigenvalue weighted by molar-refractivity contribution is -0.134. The van der Waals surface area contributed by atoms with Gasteiger partial charge in [-0.2, -0.15) is 0 Å². The fourth-order valence-corrected chi connectivity index (χ4v) is 1.42. The van der Waals surface area contributed by atoms with Gasteiger partial charge in [0.2, 0.25) is 0 Å². The van der Waals surface area contributed by atoms with Crippen LogP contribution in [-0.2, 0) is 17.8 Å². The molecule has 16 heavy (non-hydrogen) atoms. The molecule has 0 aromatic carbocycles. The van der Waals surface area contributed by atoms with Crippen molar-refractivity contribution < 1.29 is 9.90 Å². The highest BCUT2D eigenvalue weighted by Crippen LogP contribution is 2.06. The Morgan fingerprint density at radius 3 is 2.50 bits per heavy atom. The molecule has 1 rings (SSSR count). The first-order valence-corrected chi connectivity index (χ1v) is 5.94. The summed E-state index contributed by atoms with van der Waals surface area (Å²) in [6.45, 7) is 6.70. The number of aliphatic carboxylic acids is 1. The lowest BCUT2D eigenvalue weighted by Gasteiger charge is -1.97. The third-order valence-corrected chi connectivity index (χ3v) is 2.11. The van der Waals surface area contributed by atoms with E-state index in [0.29, 0.717) is 0 Å². The first-order valence-electron chi connectivity index (χ1n) is 5.94. The van der Waals surface area contributed by atoms with Gasteiger partial charge < -0.3 is 9.67 Å². The third kappa shape index (κ3) is 8.09. The summed E-state index contributed by atoms with van der Waals surface area (Å²) in [4.78, 5) is 9.00. The minimum atomic E-state index is -0.833. The molecule has 1 heterocycles. The fraction of sp³-hybridized carbons (Fsp3) is 0.615. The Balaban J connectivity index is 0.000000487. The smallest absolute Gasteiger partial charge is 0.300 e. The van der Waals surface area contributed by atoms with Gasteiger partial charge in [0.1, 0.15) is 0 Å². The van der Waals surface area contributed by atoms with Gasteiger partial charge in [0.15, 0.2) is 0 Å². The van der Waals surface area contributed by atoms with Crippen molar-refractivity contribution in [2.24, 2.45) is 0 Å². The van der Waals surface area contributed by atoms with E-state index in [2.05, 4.69) is 36.9 Å². The van der Waals surface area contributed by atoms with Gasteiger partial charge in [0.05, 0.1) is 0 Å². The zero-order valence-electron chi connectivity index (χ0n) is 10.6. The van der Waals surface area contributed by atoms with Gasteiger partial charge in [-0.3, -0.25) is 4.79 Å². The highest BCUT2D eigenvalue weighted by atomic mass is 16.4. The molecule has 0 atom stereocenters. The quantitative estimate of drug-likeness (QED) is 0.835. The van der Waals surface area contributed by atoms with Crippen molar-refractivity contribution in [1.82, 2.24) is 4.57 Å². The van der Waals surface area contributed by atoms with Crippen molar-refractivity contribution in [3.05, 3.63) is 24.0 Å². The molecule has 0 radical (unpaired) electrons. The van der Waals surface area contributed by atoms with Crippen molar-refractivity contribution in [3.63, 3.8) is 0 Å². The SMILES string of the molecule is CC(=O)O.CCCCc1ccn(CCC)c1. The fourth-order valence-electron chi connectivity index (χ4n) is 1.42. The number of nitrogens with zero attached hydrogens (tertiary/aromatic N) is 1. The van der Waals surface area contributed by atoms with E-state index >= 15 is 0 Å². The molecule has 0 saturated heterocycles. The maximum Gasteiger partial charge on any atom is 0.300 e. The molecule has 0 bridgehead atoms. The van der Waals surface area contributed by atoms with Crippen LogP contribution >= 0.6 is 0 Å². The molecule has 3 nitrogen and oxygen atoms in total. The van der Waals surface area contributed by atoms with Crippen LogP contribution in [0.2, 0.25) is 0 Å². The summed E-state index contributed by atoms with van der Waals surface area (Å²) in [5, 5.41) is 7.42. The maximum absolute atomic E-state index is 9.00. The molecule has 0 amide bonds. The predicted octanol–water partition coefficient (Wildman–Crippen LogP) is 3.33. The number of carbonyl (C=O) groups is 1. The number of carboxylic acid groups (broad SMARTS) is 1. The monoisotopic (exact) mass is 225 g/mol. The maximum atomic E-state index is 9.00. The standard InChI is InChI=1S/C11H19N.C2H4O2/c1-3-5-6-11-7-9-12(10-11)8-4-2;1-2(3)4/h7,9-10H,3-6,8H2,1-2H3;1H3,(H,3,4). The van der Waals surface area contributed by atoms with Crippen LogP contribution in [-0.4, -0.2) is 15.6 Å². The molecular weight excluding hydrogens is 202 g/mol. The molecule has 0 aliphatic heterocycles. The molecule has 0 aliphatic rings. The average Bonchev–Trinajstić information content (AvgIpc) is 2.62. The Morgan fingerprint density at radius 1 is 1.38 bits per heavy atom. The largest absolute Gasteiger partial charge is 0.481 e. The van der Waals surface area contributed by atoms with E-state index in [4.69, 9.17) is 9.90 Å². The van der Waals surface area contributed by atoms with Crippen LogP contribution in [0.5, 0.6) is 0 Å². The third-order valence-electron chi connectivity index (χ3n) is 2.11. The summed E-state index contributed by atoms with van der Waals surface area (Å²) in [6.07, 6.45) is 9.54.